The lowest BCUT2D eigenvalue weighted by Gasteiger charge is -2.26. The Morgan fingerprint density at radius 3 is 1.07 bits per heavy atom. The van der Waals surface area contributed by atoms with Crippen molar-refractivity contribution in [2.75, 3.05) is 90.8 Å². The Balaban J connectivity index is 0.000000142. The van der Waals surface area contributed by atoms with Crippen LogP contribution in [-0.2, 0) is 44.6 Å². The van der Waals surface area contributed by atoms with Gasteiger partial charge in [0, 0.05) is 137 Å². The molecule has 748 valence electrons. The topological polar surface area (TPSA) is 474 Å². The van der Waals surface area contributed by atoms with Gasteiger partial charge in [-0.05, 0) is 180 Å². The molecule has 36 heteroatoms. The second-order valence-corrected chi connectivity index (χ2v) is 33.6. The third kappa shape index (κ3) is 23.3. The molecule has 7 aromatic carbocycles. The third-order valence-electron chi connectivity index (χ3n) is 24.1. The first-order chi connectivity index (χ1) is 71.4. The lowest BCUT2D eigenvalue weighted by Crippen LogP contribution is -2.32. The van der Waals surface area contributed by atoms with Gasteiger partial charge < -0.3 is 67.1 Å². The number of nitrogens with one attached hydrogen (secondary N) is 5. The van der Waals surface area contributed by atoms with Gasteiger partial charge in [0.2, 0.25) is 5.88 Å². The number of hydrogen-bond acceptors (Lipinski definition) is 29. The van der Waals surface area contributed by atoms with E-state index in [1.165, 1.54) is 51.1 Å². The number of carbonyl (C=O) groups is 11. The van der Waals surface area contributed by atoms with Crippen LogP contribution < -0.4 is 48.8 Å². The number of hydrogen-bond donors (Lipinski definition) is 8. The quantitative estimate of drug-likeness (QED) is 0.0188. The first kappa shape index (κ1) is 105. The van der Waals surface area contributed by atoms with Gasteiger partial charge in [0.05, 0.1) is 91.9 Å². The molecule has 8 aliphatic heterocycles. The molecule has 0 fully saturated rings. The monoisotopic (exact) mass is 2040 g/mol. The number of amides is 10. The predicted octanol–water partition coefficient (Wildman–Crippen LogP) is 15.1. The minimum Gasteiger partial charge on any atom is -0.480 e. The summed E-state index contributed by atoms with van der Waals surface area (Å²) < 4.78 is 27.3. The minimum atomic E-state index is -0.607. The van der Waals surface area contributed by atoms with Crippen LogP contribution >= 0.6 is 15.9 Å². The van der Waals surface area contributed by atoms with Crippen LogP contribution in [0, 0.1) is 11.8 Å². The first-order valence-corrected chi connectivity index (χ1v) is 47.8. The van der Waals surface area contributed by atoms with Gasteiger partial charge in [-0.15, -0.1) is 0 Å². The smallest absolute Gasteiger partial charge is 0.344 e. The number of para-hydroxylation sites is 1. The molecule has 21 rings (SSSR count). The number of methoxy groups -OCH3 is 5. The van der Waals surface area contributed by atoms with Crippen molar-refractivity contribution in [2.45, 2.75) is 78.5 Å². The van der Waals surface area contributed by atoms with Crippen molar-refractivity contribution in [3.63, 3.8) is 0 Å². The van der Waals surface area contributed by atoms with Crippen molar-refractivity contribution in [1.29, 1.82) is 0 Å². The number of aromatic nitrogens is 6. The van der Waals surface area contributed by atoms with Gasteiger partial charge in [0.25, 0.3) is 64.6 Å². The summed E-state index contributed by atoms with van der Waals surface area (Å²) in [4.78, 5) is 179. The molecule has 6 aromatic heterocycles. The first-order valence-electron chi connectivity index (χ1n) is 47.0. The molecule has 0 bridgehead atoms. The summed E-state index contributed by atoms with van der Waals surface area (Å²) >= 11 is 3.31. The van der Waals surface area contributed by atoms with Gasteiger partial charge in [0.15, 0.2) is 18.7 Å². The highest BCUT2D eigenvalue weighted by Gasteiger charge is 2.41. The van der Waals surface area contributed by atoms with E-state index >= 15 is 0 Å². The number of rotatable bonds is 21. The zero-order valence-corrected chi connectivity index (χ0v) is 83.3. The Kier molecular flexibility index (Phi) is 34.9. The number of nitrogens with zero attached hydrogens (tertiary/aromatic N) is 10. The number of imide groups is 5. The highest BCUT2D eigenvalue weighted by Crippen LogP contribution is 2.37. The fraction of sp³-hybridized carbons (Fsp3) is 0.198. The van der Waals surface area contributed by atoms with Crippen LogP contribution in [0.5, 0.6) is 5.88 Å². The Morgan fingerprint density at radius 2 is 0.728 bits per heavy atom. The van der Waals surface area contributed by atoms with E-state index in [-0.39, 0.29) is 140 Å². The number of nitrogens with two attached hydrogens (primary N) is 3. The summed E-state index contributed by atoms with van der Waals surface area (Å²) in [6.45, 7) is 9.14. The average Bonchev–Trinajstić information content (AvgIpc) is 1.70. The fourth-order valence-electron chi connectivity index (χ4n) is 17.1. The molecule has 0 radical (unpaired) electrons. The molecule has 3 atom stereocenters. The average molecular weight is 2040 g/mol. The Morgan fingerprint density at radius 1 is 0.401 bits per heavy atom. The molecule has 14 heterocycles. The van der Waals surface area contributed by atoms with E-state index in [2.05, 4.69) is 74.0 Å². The van der Waals surface area contributed by atoms with Gasteiger partial charge >= 0.3 is 5.97 Å². The number of pyridine rings is 6. The van der Waals surface area contributed by atoms with E-state index in [4.69, 9.17) is 45.9 Å². The fourth-order valence-corrected chi connectivity index (χ4v) is 17.4. The standard InChI is InChI=1S/C25H22N4O3.C20H16N2O5.2C19H18N4O3.C18H14N4O3.C6H5Br.2C2H6/c1-32-23-21-16(11-13-26-23)15-18(28-22(21)27-17-7-3-2-4-8-17)12-14-29-24(30)19-9-5-6-10-20(19)25(29)31;1-26-17-16(20(25)27-2)13(10-11-21-17)7-5-6-12-22-18(23)14-8-3-4-9-15(14)19(22)24;2*1-26-17-15-11(6-8-21-17)10-12(22-16(15)20)7-9-23-18(24)13-4-2-3-5-14(13)19(23)25;19-15-14-10(5-7-20-16(14)23)9-11(21-15)6-8-22-17(24)12-3-1-2-4-13(12)18(22)25;7-6-4-2-1-3-5-6;2*1-2/h2-11,13,15,23,26H,12,14H2,1H3,(H,27,28);3-4,8-11H,6,12H2,1-2H3;2*2-6,8,10,17,21H,7,9H2,1H3,(H2,20,22);1-5,7,9H,6,8H2,(H2,19,21)(H,20,23);1-5H;2*1-2H3. The Labute approximate surface area is 854 Å². The largest absolute Gasteiger partial charge is 0.480 e. The zero-order chi connectivity index (χ0) is 105. The van der Waals surface area contributed by atoms with Crippen molar-refractivity contribution in [3.05, 3.63) is 387 Å². The summed E-state index contributed by atoms with van der Waals surface area (Å²) in [6.07, 6.45) is 15.1. The highest BCUT2D eigenvalue weighted by molar-refractivity contribution is 9.10. The van der Waals surface area contributed by atoms with Crippen molar-refractivity contribution in [2.24, 2.45) is 0 Å². The maximum absolute atomic E-state index is 12.7. The highest BCUT2D eigenvalue weighted by atomic mass is 79.9. The van der Waals surface area contributed by atoms with Gasteiger partial charge in [-0.3, -0.25) is 77.2 Å². The zero-order valence-electron chi connectivity index (χ0n) is 81.7. The lowest BCUT2D eigenvalue weighted by molar-refractivity contribution is 0.0590. The number of aromatic amines is 1. The SMILES string of the molecule is Brc1ccccc1.CC.CC.COC(=O)c1c(C#CCCN2C(=O)c3ccccc3C2=O)ccnc1OC.COC1NC=Cc2cc(CCN3C(=O)c4ccccc4C3=O)nc(N)c21.COC1NC=Cc2cc(CCN3C(=O)c4ccccc4C3=O)nc(N)c21.COC1NC=Cc2cc(CCN3C(=O)c4ccccc4C3=O)nc(Nc3ccccc3)c21.Nc1nc(CCN2C(=O)c3ccccc3C2=O)cc2cc[nH]c(=O)c12. The summed E-state index contributed by atoms with van der Waals surface area (Å²) in [5.74, 6) is 4.01. The molecule has 13 aromatic rings. The normalized spacial score (nSPS) is 15.0. The van der Waals surface area contributed by atoms with Gasteiger partial charge in [-0.2, -0.15) is 0 Å². The molecule has 10 amide bonds. The molecule has 35 nitrogen and oxygen atoms in total. The Hall–Kier alpha value is -17.8. The summed E-state index contributed by atoms with van der Waals surface area (Å²) in [6, 6.07) is 64.7. The molecule has 0 saturated heterocycles. The molecular formula is C111H105BrN18O17. The van der Waals surface area contributed by atoms with E-state index in [0.29, 0.717) is 121 Å². The molecule has 147 heavy (non-hydrogen) atoms. The number of esters is 1. The number of halogens is 1. The van der Waals surface area contributed by atoms with Crippen molar-refractivity contribution in [1.82, 2.24) is 70.4 Å². The summed E-state index contributed by atoms with van der Waals surface area (Å²) in [7, 11) is 7.48. The molecular weight excluding hydrogens is 1940 g/mol. The van der Waals surface area contributed by atoms with Crippen LogP contribution in [0.25, 0.3) is 29.0 Å². The molecule has 0 spiro atoms. The number of ether oxygens (including phenoxy) is 5. The van der Waals surface area contributed by atoms with Crippen LogP contribution in [0.15, 0.2) is 259 Å². The number of fused-ring (bicyclic) bond motifs is 9. The van der Waals surface area contributed by atoms with Crippen molar-refractivity contribution < 1.29 is 76.4 Å². The van der Waals surface area contributed by atoms with Crippen LogP contribution in [0.1, 0.15) is 228 Å². The Bertz CT molecular complexity index is 7150. The third-order valence-corrected chi connectivity index (χ3v) is 24.6. The number of carbonyl (C=O) groups excluding carboxylic acids is 11. The second-order valence-electron chi connectivity index (χ2n) is 32.7. The van der Waals surface area contributed by atoms with Gasteiger partial charge in [-0.25, -0.2) is 29.7 Å². The number of H-pyrrole nitrogens is 1. The van der Waals surface area contributed by atoms with Crippen molar-refractivity contribution in [3.8, 4) is 17.7 Å². The predicted molar refractivity (Wildman–Crippen MR) is 558 cm³/mol. The van der Waals surface area contributed by atoms with Crippen LogP contribution in [-0.4, -0.2) is 188 Å². The van der Waals surface area contributed by atoms with Crippen LogP contribution in [0.4, 0.5) is 29.0 Å². The summed E-state index contributed by atoms with van der Waals surface area (Å²) in [5.41, 5.74) is 31.7. The minimum absolute atomic E-state index is 0.119. The second kappa shape index (κ2) is 48.8. The molecule has 11 N–H and O–H groups in total. The maximum atomic E-state index is 12.7. The lowest BCUT2D eigenvalue weighted by atomic mass is 10.0. The molecule has 0 saturated carbocycles. The molecule has 0 aliphatic carbocycles. The summed E-state index contributed by atoms with van der Waals surface area (Å²) in [5, 5.41) is 13.7. The van der Waals surface area contributed by atoms with Crippen LogP contribution in [0.2, 0.25) is 0 Å². The van der Waals surface area contributed by atoms with E-state index < -0.39 is 5.97 Å². The number of nitrogen functional groups attached to an aromatic ring is 3. The van der Waals surface area contributed by atoms with E-state index in [9.17, 15) is 57.5 Å². The van der Waals surface area contributed by atoms with Gasteiger partial charge in [0.1, 0.15) is 28.8 Å². The van der Waals surface area contributed by atoms with Gasteiger partial charge in [-0.1, -0.05) is 153 Å². The number of benzene rings is 7. The van der Waals surface area contributed by atoms with E-state index in [0.717, 1.165) is 60.6 Å². The molecule has 3 unspecified atom stereocenters. The van der Waals surface area contributed by atoms with E-state index in [1.54, 1.807) is 173 Å². The van der Waals surface area contributed by atoms with E-state index in [1.807, 2.05) is 131 Å². The number of anilines is 5. The maximum Gasteiger partial charge on any atom is 0.344 e. The van der Waals surface area contributed by atoms with Crippen molar-refractivity contribution >= 4 is 139 Å². The molecule has 8 aliphatic rings. The van der Waals surface area contributed by atoms with Crippen LogP contribution in [0.3, 0.4) is 0 Å².